The summed E-state index contributed by atoms with van der Waals surface area (Å²) in [6, 6.07) is 7.47. The molecule has 1 aromatic rings. The molecule has 0 fully saturated rings. The third kappa shape index (κ3) is 5.06. The zero-order valence-corrected chi connectivity index (χ0v) is 12.0. The first-order valence-corrected chi connectivity index (χ1v) is 6.73. The van der Waals surface area contributed by atoms with Gasteiger partial charge in [-0.2, -0.15) is 0 Å². The van der Waals surface area contributed by atoms with Gasteiger partial charge in [0, 0.05) is 17.6 Å². The van der Waals surface area contributed by atoms with E-state index in [1.54, 1.807) is 4.90 Å². The van der Waals surface area contributed by atoms with Crippen LogP contribution in [0.15, 0.2) is 28.7 Å². The molecule has 1 N–H and O–H groups in total. The van der Waals surface area contributed by atoms with Crippen LogP contribution in [0.3, 0.4) is 0 Å². The second kappa shape index (κ2) is 8.11. The molecule has 0 aliphatic heterocycles. The third-order valence-electron chi connectivity index (χ3n) is 2.50. The number of hydrogen-bond acceptors (Lipinski definition) is 3. The summed E-state index contributed by atoms with van der Waals surface area (Å²) in [5, 5.41) is 8.82. The van der Waals surface area contributed by atoms with Crippen LogP contribution in [0.25, 0.3) is 0 Å². The Morgan fingerprint density at radius 2 is 2.06 bits per heavy atom. The van der Waals surface area contributed by atoms with Gasteiger partial charge in [0.25, 0.3) is 0 Å². The zero-order chi connectivity index (χ0) is 13.4. The quantitative estimate of drug-likeness (QED) is 0.838. The molecule has 4 nitrogen and oxygen atoms in total. The molecule has 0 radical (unpaired) electrons. The fourth-order valence-corrected chi connectivity index (χ4v) is 1.79. The average Bonchev–Trinajstić information content (AvgIpc) is 2.38. The number of hydrogen-bond donors (Lipinski definition) is 1. The van der Waals surface area contributed by atoms with Gasteiger partial charge in [-0.15, -0.1) is 0 Å². The van der Waals surface area contributed by atoms with Crippen LogP contribution in [-0.4, -0.2) is 42.2 Å². The first-order valence-electron chi connectivity index (χ1n) is 5.94. The Balaban J connectivity index is 2.32. The molecule has 0 aromatic heterocycles. The van der Waals surface area contributed by atoms with Gasteiger partial charge in [0.15, 0.2) is 0 Å². The third-order valence-corrected chi connectivity index (χ3v) is 3.03. The van der Waals surface area contributed by atoms with Gasteiger partial charge in [-0.25, -0.2) is 0 Å². The van der Waals surface area contributed by atoms with Crippen molar-refractivity contribution >= 4 is 21.8 Å². The lowest BCUT2D eigenvalue weighted by molar-refractivity contribution is -0.132. The molecule has 0 saturated heterocycles. The summed E-state index contributed by atoms with van der Waals surface area (Å²) in [6.07, 6.45) is 0.323. The summed E-state index contributed by atoms with van der Waals surface area (Å²) in [6.45, 7) is 3.23. The smallest absolute Gasteiger partial charge is 0.226 e. The van der Waals surface area contributed by atoms with E-state index in [1.807, 2.05) is 31.2 Å². The molecule has 0 unspecified atom stereocenters. The molecule has 0 heterocycles. The highest BCUT2D eigenvalue weighted by atomic mass is 79.9. The SMILES string of the molecule is CCN(CCO)C(=O)CCOc1ccc(Br)cc1. The normalized spacial score (nSPS) is 10.2. The Morgan fingerprint density at radius 3 is 2.61 bits per heavy atom. The van der Waals surface area contributed by atoms with E-state index in [9.17, 15) is 4.79 Å². The summed E-state index contributed by atoms with van der Waals surface area (Å²) in [5.41, 5.74) is 0. The predicted octanol–water partition coefficient (Wildman–Crippen LogP) is 2.06. The molecule has 5 heteroatoms. The monoisotopic (exact) mass is 315 g/mol. The number of rotatable bonds is 7. The van der Waals surface area contributed by atoms with Gasteiger partial charge in [0.05, 0.1) is 19.6 Å². The van der Waals surface area contributed by atoms with Crippen molar-refractivity contribution in [3.8, 4) is 5.75 Å². The maximum Gasteiger partial charge on any atom is 0.226 e. The van der Waals surface area contributed by atoms with Gasteiger partial charge in [0.1, 0.15) is 5.75 Å². The van der Waals surface area contributed by atoms with Crippen molar-refractivity contribution in [1.82, 2.24) is 4.90 Å². The number of carbonyl (C=O) groups excluding carboxylic acids is 1. The van der Waals surface area contributed by atoms with Crippen LogP contribution < -0.4 is 4.74 Å². The zero-order valence-electron chi connectivity index (χ0n) is 10.4. The standard InChI is InChI=1S/C13H18BrNO3/c1-2-15(8-9-16)13(17)7-10-18-12-5-3-11(14)4-6-12/h3-6,16H,2,7-10H2,1H3. The topological polar surface area (TPSA) is 49.8 Å². The van der Waals surface area contributed by atoms with Crippen molar-refractivity contribution in [2.45, 2.75) is 13.3 Å². The summed E-state index contributed by atoms with van der Waals surface area (Å²) in [5.74, 6) is 0.750. The van der Waals surface area contributed by atoms with Crippen molar-refractivity contribution in [2.24, 2.45) is 0 Å². The van der Waals surface area contributed by atoms with Crippen molar-refractivity contribution in [3.63, 3.8) is 0 Å². The minimum Gasteiger partial charge on any atom is -0.493 e. The first kappa shape index (κ1) is 15.0. The Hall–Kier alpha value is -1.07. The Labute approximate surface area is 116 Å². The highest BCUT2D eigenvalue weighted by Gasteiger charge is 2.10. The predicted molar refractivity (Wildman–Crippen MR) is 73.6 cm³/mol. The summed E-state index contributed by atoms with van der Waals surface area (Å²) >= 11 is 3.34. The van der Waals surface area contributed by atoms with Crippen LogP contribution in [0.4, 0.5) is 0 Å². The van der Waals surface area contributed by atoms with Crippen molar-refractivity contribution in [1.29, 1.82) is 0 Å². The number of nitrogens with zero attached hydrogens (tertiary/aromatic N) is 1. The minimum atomic E-state index is -0.00680. The first-order chi connectivity index (χ1) is 8.67. The minimum absolute atomic E-state index is 0.00339. The van der Waals surface area contributed by atoms with Gasteiger partial charge in [-0.05, 0) is 31.2 Å². The summed E-state index contributed by atoms with van der Waals surface area (Å²) in [4.78, 5) is 13.4. The second-order valence-electron chi connectivity index (χ2n) is 3.75. The van der Waals surface area contributed by atoms with E-state index in [2.05, 4.69) is 15.9 Å². The van der Waals surface area contributed by atoms with Crippen molar-refractivity contribution in [3.05, 3.63) is 28.7 Å². The number of ether oxygens (including phenoxy) is 1. The van der Waals surface area contributed by atoms with Gasteiger partial charge < -0.3 is 14.7 Å². The lowest BCUT2D eigenvalue weighted by atomic mass is 10.3. The largest absolute Gasteiger partial charge is 0.493 e. The molecule has 0 aliphatic carbocycles. The van der Waals surface area contributed by atoms with Crippen molar-refractivity contribution in [2.75, 3.05) is 26.3 Å². The molecule has 1 rings (SSSR count). The maximum absolute atomic E-state index is 11.7. The molecule has 100 valence electrons. The molecular weight excluding hydrogens is 298 g/mol. The summed E-state index contributed by atoms with van der Waals surface area (Å²) in [7, 11) is 0. The highest BCUT2D eigenvalue weighted by molar-refractivity contribution is 9.10. The van der Waals surface area contributed by atoms with Crippen LogP contribution >= 0.6 is 15.9 Å². The maximum atomic E-state index is 11.7. The molecule has 1 aromatic carbocycles. The molecule has 0 spiro atoms. The molecule has 0 atom stereocenters. The summed E-state index contributed by atoms with van der Waals surface area (Å²) < 4.78 is 6.47. The van der Waals surface area contributed by atoms with Crippen LogP contribution in [0.5, 0.6) is 5.75 Å². The number of benzene rings is 1. The lowest BCUT2D eigenvalue weighted by Crippen LogP contribution is -2.34. The molecule has 0 bridgehead atoms. The van der Waals surface area contributed by atoms with E-state index in [0.29, 0.717) is 26.1 Å². The van der Waals surface area contributed by atoms with Crippen molar-refractivity contribution < 1.29 is 14.6 Å². The number of aliphatic hydroxyl groups is 1. The lowest BCUT2D eigenvalue weighted by Gasteiger charge is -2.19. The number of likely N-dealkylation sites (N-methyl/N-ethyl adjacent to an activating group) is 1. The Morgan fingerprint density at radius 1 is 1.39 bits per heavy atom. The second-order valence-corrected chi connectivity index (χ2v) is 4.67. The average molecular weight is 316 g/mol. The molecule has 0 saturated carbocycles. The van der Waals surface area contributed by atoms with E-state index < -0.39 is 0 Å². The van der Waals surface area contributed by atoms with Crippen LogP contribution in [0.2, 0.25) is 0 Å². The Kier molecular flexibility index (Phi) is 6.75. The molecular formula is C13H18BrNO3. The Bertz CT molecular complexity index is 367. The van der Waals surface area contributed by atoms with Crippen LogP contribution in [0.1, 0.15) is 13.3 Å². The van der Waals surface area contributed by atoms with Gasteiger partial charge in [-0.3, -0.25) is 4.79 Å². The van der Waals surface area contributed by atoms with Gasteiger partial charge in [0.2, 0.25) is 5.91 Å². The molecule has 18 heavy (non-hydrogen) atoms. The van der Waals surface area contributed by atoms with E-state index in [0.717, 1.165) is 10.2 Å². The number of amides is 1. The molecule has 1 amide bonds. The number of halogens is 1. The fourth-order valence-electron chi connectivity index (χ4n) is 1.53. The van der Waals surface area contributed by atoms with E-state index in [1.165, 1.54) is 0 Å². The van der Waals surface area contributed by atoms with E-state index in [4.69, 9.17) is 9.84 Å². The van der Waals surface area contributed by atoms with Gasteiger partial charge >= 0.3 is 0 Å². The highest BCUT2D eigenvalue weighted by Crippen LogP contribution is 2.16. The van der Waals surface area contributed by atoms with E-state index in [-0.39, 0.29) is 12.5 Å². The van der Waals surface area contributed by atoms with E-state index >= 15 is 0 Å². The van der Waals surface area contributed by atoms with Crippen LogP contribution in [0, 0.1) is 0 Å². The van der Waals surface area contributed by atoms with Gasteiger partial charge in [-0.1, -0.05) is 15.9 Å². The van der Waals surface area contributed by atoms with Crippen LogP contribution in [-0.2, 0) is 4.79 Å². The number of carbonyl (C=O) groups is 1. The fraction of sp³-hybridized carbons (Fsp3) is 0.462. The molecule has 0 aliphatic rings. The number of aliphatic hydroxyl groups excluding tert-OH is 1.